The van der Waals surface area contributed by atoms with Gasteiger partial charge in [-0.15, -0.1) is 0 Å². The minimum absolute atomic E-state index is 0.859. The van der Waals surface area contributed by atoms with E-state index in [-0.39, 0.29) is 0 Å². The van der Waals surface area contributed by atoms with E-state index in [1.807, 2.05) is 0 Å². The molecule has 0 aliphatic carbocycles. The summed E-state index contributed by atoms with van der Waals surface area (Å²) in [5, 5.41) is 0. The Bertz CT molecular complexity index is 1000. The highest BCUT2D eigenvalue weighted by Gasteiger charge is 2.10. The molecule has 0 atom stereocenters. The Hall–Kier alpha value is -3.00. The number of nitrogens with zero attached hydrogens (tertiary/aromatic N) is 2. The molecular weight excluding hydrogens is 364 g/mol. The fourth-order valence-electron chi connectivity index (χ4n) is 3.52. The Balaban J connectivity index is 1.96. The van der Waals surface area contributed by atoms with Crippen molar-refractivity contribution < 1.29 is 0 Å². The van der Waals surface area contributed by atoms with Gasteiger partial charge in [0.25, 0.3) is 0 Å². The van der Waals surface area contributed by atoms with E-state index in [0.29, 0.717) is 0 Å². The van der Waals surface area contributed by atoms with Crippen LogP contribution in [0.25, 0.3) is 0 Å². The van der Waals surface area contributed by atoms with Crippen LogP contribution in [0.5, 0.6) is 0 Å². The van der Waals surface area contributed by atoms with Crippen molar-refractivity contribution in [3.05, 3.63) is 95.6 Å². The molecule has 0 aliphatic rings. The summed E-state index contributed by atoms with van der Waals surface area (Å²) >= 11 is 0. The maximum atomic E-state index is 5.08. The normalized spacial score (nSPS) is 12.2. The largest absolute Gasteiger partial charge is 0.252 e. The van der Waals surface area contributed by atoms with Gasteiger partial charge in [-0.2, -0.15) is 0 Å². The zero-order chi connectivity index (χ0) is 21.2. The summed E-state index contributed by atoms with van der Waals surface area (Å²) in [5.74, 6) is 0. The number of aliphatic imine (C=N–C) groups is 2. The zero-order valence-electron chi connectivity index (χ0n) is 18.4. The number of hydrogen-bond donors (Lipinski definition) is 0. The van der Waals surface area contributed by atoms with Gasteiger partial charge >= 0.3 is 0 Å². The van der Waals surface area contributed by atoms with Gasteiger partial charge in [-0.05, 0) is 73.1 Å². The van der Waals surface area contributed by atoms with Gasteiger partial charge in [0.05, 0.1) is 22.8 Å². The topological polar surface area (TPSA) is 24.7 Å². The molecule has 154 valence electrons. The van der Waals surface area contributed by atoms with Gasteiger partial charge < -0.3 is 0 Å². The maximum absolute atomic E-state index is 5.08. The number of aryl methyl sites for hydroxylation is 3. The SMILES string of the molecule is CCC(=Nc1cccc(CC)c1)C(CCc1ccccc1)=Nc1cccc(CC)c1. The smallest absolute Gasteiger partial charge is 0.0636 e. The summed E-state index contributed by atoms with van der Waals surface area (Å²) in [6.45, 7) is 6.53. The minimum atomic E-state index is 0.859. The van der Waals surface area contributed by atoms with Crippen molar-refractivity contribution in [3.8, 4) is 0 Å². The summed E-state index contributed by atoms with van der Waals surface area (Å²) in [4.78, 5) is 10.1. The standard InChI is InChI=1S/C28H32N2/c1-4-22-14-10-16-25(20-22)29-27(6-3)28(19-18-24-12-8-7-9-13-24)30-26-17-11-15-23(5-2)21-26/h7-17,20-21H,4-6,18-19H2,1-3H3. The second-order valence-corrected chi connectivity index (χ2v) is 7.50. The summed E-state index contributed by atoms with van der Waals surface area (Å²) in [7, 11) is 0. The third-order valence-electron chi connectivity index (χ3n) is 5.33. The third kappa shape index (κ3) is 6.25. The Morgan fingerprint density at radius 1 is 0.600 bits per heavy atom. The van der Waals surface area contributed by atoms with Gasteiger partial charge in [0.2, 0.25) is 0 Å². The van der Waals surface area contributed by atoms with Crippen LogP contribution in [-0.2, 0) is 19.3 Å². The number of hydrogen-bond acceptors (Lipinski definition) is 2. The lowest BCUT2D eigenvalue weighted by atomic mass is 10.0. The van der Waals surface area contributed by atoms with Gasteiger partial charge in [-0.3, -0.25) is 9.98 Å². The van der Waals surface area contributed by atoms with Crippen LogP contribution in [-0.4, -0.2) is 11.4 Å². The van der Waals surface area contributed by atoms with Gasteiger partial charge in [-0.25, -0.2) is 0 Å². The van der Waals surface area contributed by atoms with Gasteiger partial charge in [-0.1, -0.05) is 75.4 Å². The predicted octanol–water partition coefficient (Wildman–Crippen LogP) is 7.70. The predicted molar refractivity (Wildman–Crippen MR) is 131 cm³/mol. The van der Waals surface area contributed by atoms with Crippen LogP contribution in [0.2, 0.25) is 0 Å². The lowest BCUT2D eigenvalue weighted by molar-refractivity contribution is 1.04. The maximum Gasteiger partial charge on any atom is 0.0636 e. The first-order valence-electron chi connectivity index (χ1n) is 11.1. The molecule has 3 aromatic carbocycles. The quantitative estimate of drug-likeness (QED) is 0.331. The molecule has 0 amide bonds. The van der Waals surface area contributed by atoms with E-state index in [2.05, 4.69) is 99.6 Å². The van der Waals surface area contributed by atoms with Gasteiger partial charge in [0.1, 0.15) is 0 Å². The van der Waals surface area contributed by atoms with Crippen molar-refractivity contribution >= 4 is 22.8 Å². The lowest BCUT2D eigenvalue weighted by Crippen LogP contribution is -2.14. The van der Waals surface area contributed by atoms with Crippen molar-refractivity contribution in [2.45, 2.75) is 52.9 Å². The third-order valence-corrected chi connectivity index (χ3v) is 5.33. The molecule has 0 heterocycles. The van der Waals surface area contributed by atoms with Crippen LogP contribution >= 0.6 is 0 Å². The van der Waals surface area contributed by atoms with E-state index in [1.54, 1.807) is 0 Å². The van der Waals surface area contributed by atoms with E-state index in [0.717, 1.165) is 54.9 Å². The molecule has 2 nitrogen and oxygen atoms in total. The monoisotopic (exact) mass is 396 g/mol. The molecule has 0 unspecified atom stereocenters. The molecule has 0 radical (unpaired) electrons. The summed E-state index contributed by atoms with van der Waals surface area (Å²) < 4.78 is 0. The molecular formula is C28H32N2. The van der Waals surface area contributed by atoms with E-state index >= 15 is 0 Å². The summed E-state index contributed by atoms with van der Waals surface area (Å²) in [6, 6.07) is 27.7. The first-order valence-corrected chi connectivity index (χ1v) is 11.1. The molecule has 2 heteroatoms. The Morgan fingerprint density at radius 3 is 1.67 bits per heavy atom. The molecule has 0 N–H and O–H groups in total. The molecule has 30 heavy (non-hydrogen) atoms. The Labute approximate surface area is 181 Å². The van der Waals surface area contributed by atoms with Crippen LogP contribution in [0.4, 0.5) is 11.4 Å². The van der Waals surface area contributed by atoms with Crippen LogP contribution in [0.3, 0.4) is 0 Å². The Kier molecular flexibility index (Phi) is 8.14. The summed E-state index contributed by atoms with van der Waals surface area (Å²) in [6.07, 6.45) is 4.73. The Morgan fingerprint density at radius 2 is 1.13 bits per heavy atom. The van der Waals surface area contributed by atoms with Gasteiger partial charge in [0.15, 0.2) is 0 Å². The first kappa shape index (κ1) is 21.7. The molecule has 0 saturated heterocycles. The summed E-state index contributed by atoms with van der Waals surface area (Å²) in [5.41, 5.74) is 8.13. The van der Waals surface area contributed by atoms with E-state index < -0.39 is 0 Å². The highest BCUT2D eigenvalue weighted by atomic mass is 14.8. The van der Waals surface area contributed by atoms with Gasteiger partial charge in [0, 0.05) is 0 Å². The van der Waals surface area contributed by atoms with E-state index in [9.17, 15) is 0 Å². The zero-order valence-corrected chi connectivity index (χ0v) is 18.4. The van der Waals surface area contributed by atoms with Crippen LogP contribution in [0.15, 0.2) is 88.8 Å². The van der Waals surface area contributed by atoms with Crippen molar-refractivity contribution in [1.29, 1.82) is 0 Å². The number of rotatable bonds is 9. The second-order valence-electron chi connectivity index (χ2n) is 7.50. The number of benzene rings is 3. The highest BCUT2D eigenvalue weighted by Crippen LogP contribution is 2.20. The molecule has 0 bridgehead atoms. The van der Waals surface area contributed by atoms with Crippen molar-refractivity contribution in [3.63, 3.8) is 0 Å². The van der Waals surface area contributed by atoms with Crippen LogP contribution in [0.1, 0.15) is 50.3 Å². The van der Waals surface area contributed by atoms with E-state index in [4.69, 9.17) is 9.98 Å². The molecule has 3 aromatic rings. The average Bonchev–Trinajstić information content (AvgIpc) is 2.81. The molecule has 3 rings (SSSR count). The fraction of sp³-hybridized carbons (Fsp3) is 0.286. The van der Waals surface area contributed by atoms with Crippen molar-refractivity contribution in [2.75, 3.05) is 0 Å². The van der Waals surface area contributed by atoms with E-state index in [1.165, 1.54) is 16.7 Å². The molecule has 0 aromatic heterocycles. The highest BCUT2D eigenvalue weighted by molar-refractivity contribution is 6.43. The van der Waals surface area contributed by atoms with Crippen molar-refractivity contribution in [2.24, 2.45) is 9.98 Å². The van der Waals surface area contributed by atoms with Crippen LogP contribution in [0, 0.1) is 0 Å². The average molecular weight is 397 g/mol. The first-order chi connectivity index (χ1) is 14.7. The fourth-order valence-corrected chi connectivity index (χ4v) is 3.52. The molecule has 0 spiro atoms. The van der Waals surface area contributed by atoms with Crippen LogP contribution < -0.4 is 0 Å². The molecule has 0 saturated carbocycles. The van der Waals surface area contributed by atoms with Crippen molar-refractivity contribution in [1.82, 2.24) is 0 Å². The minimum Gasteiger partial charge on any atom is -0.252 e. The molecule has 0 fully saturated rings. The lowest BCUT2D eigenvalue weighted by Gasteiger charge is -2.11. The second kappa shape index (κ2) is 11.3. The molecule has 0 aliphatic heterocycles.